The summed E-state index contributed by atoms with van der Waals surface area (Å²) in [6, 6.07) is 7.49. The third-order valence-corrected chi connectivity index (χ3v) is 3.55. The normalized spacial score (nSPS) is 10.7. The number of benzene rings is 1. The first-order valence-electron chi connectivity index (χ1n) is 6.44. The molecule has 1 N–H and O–H groups in total. The predicted octanol–water partition coefficient (Wildman–Crippen LogP) is 2.79. The van der Waals surface area contributed by atoms with E-state index < -0.39 is 0 Å². The van der Waals surface area contributed by atoms with Gasteiger partial charge in [-0.15, -0.1) is 5.10 Å². The lowest BCUT2D eigenvalue weighted by atomic mass is 10.2. The van der Waals surface area contributed by atoms with E-state index >= 15 is 0 Å². The summed E-state index contributed by atoms with van der Waals surface area (Å²) >= 11 is 3.38. The van der Waals surface area contributed by atoms with Crippen LogP contribution in [0.25, 0.3) is 11.5 Å². The second kappa shape index (κ2) is 5.72. The van der Waals surface area contributed by atoms with E-state index in [9.17, 15) is 4.79 Å². The van der Waals surface area contributed by atoms with Crippen molar-refractivity contribution in [2.24, 2.45) is 7.05 Å². The first kappa shape index (κ1) is 14.5. The topological polar surface area (TPSA) is 85.8 Å². The Morgan fingerprint density at radius 1 is 1.36 bits per heavy atom. The number of nitrogens with one attached hydrogen (secondary N) is 1. The van der Waals surface area contributed by atoms with E-state index in [4.69, 9.17) is 4.42 Å². The van der Waals surface area contributed by atoms with Gasteiger partial charge in [0, 0.05) is 17.1 Å². The fourth-order valence-corrected chi connectivity index (χ4v) is 2.44. The Morgan fingerprint density at radius 3 is 2.86 bits per heavy atom. The minimum absolute atomic E-state index is 0.0422. The van der Waals surface area contributed by atoms with E-state index in [-0.39, 0.29) is 11.9 Å². The van der Waals surface area contributed by atoms with Gasteiger partial charge in [0.25, 0.3) is 5.91 Å². The molecule has 8 heteroatoms. The van der Waals surface area contributed by atoms with Gasteiger partial charge in [-0.25, -0.2) is 0 Å². The second-order valence-electron chi connectivity index (χ2n) is 4.68. The zero-order valence-electron chi connectivity index (χ0n) is 11.9. The van der Waals surface area contributed by atoms with Gasteiger partial charge < -0.3 is 4.42 Å². The van der Waals surface area contributed by atoms with Crippen LogP contribution < -0.4 is 5.32 Å². The third-order valence-electron chi connectivity index (χ3n) is 3.05. The lowest BCUT2D eigenvalue weighted by Gasteiger charge is -2.02. The molecule has 0 atom stereocenters. The molecule has 22 heavy (non-hydrogen) atoms. The minimum atomic E-state index is -0.345. The number of hydrogen-bond donors (Lipinski definition) is 1. The molecule has 1 amide bonds. The van der Waals surface area contributed by atoms with E-state index in [2.05, 4.69) is 36.5 Å². The van der Waals surface area contributed by atoms with Crippen molar-refractivity contribution in [1.82, 2.24) is 20.0 Å². The smallest absolute Gasteiger partial charge is 0.322 e. The summed E-state index contributed by atoms with van der Waals surface area (Å²) in [6.07, 6.45) is 1.62. The van der Waals surface area contributed by atoms with Gasteiger partial charge in [-0.2, -0.15) is 5.10 Å². The van der Waals surface area contributed by atoms with Crippen LogP contribution in [-0.2, 0) is 7.05 Å². The van der Waals surface area contributed by atoms with E-state index in [1.807, 2.05) is 31.2 Å². The van der Waals surface area contributed by atoms with Crippen molar-refractivity contribution < 1.29 is 9.21 Å². The summed E-state index contributed by atoms with van der Waals surface area (Å²) in [5.74, 6) is -0.0136. The highest BCUT2D eigenvalue weighted by Crippen LogP contribution is 2.23. The van der Waals surface area contributed by atoms with Crippen LogP contribution in [0.1, 0.15) is 16.1 Å². The minimum Gasteiger partial charge on any atom is -0.403 e. The zero-order valence-corrected chi connectivity index (χ0v) is 13.5. The molecule has 1 aromatic carbocycles. The maximum absolute atomic E-state index is 12.2. The van der Waals surface area contributed by atoms with Crippen LogP contribution in [0, 0.1) is 6.92 Å². The number of amides is 1. The third kappa shape index (κ3) is 2.77. The van der Waals surface area contributed by atoms with Gasteiger partial charge in [-0.1, -0.05) is 27.1 Å². The Balaban J connectivity index is 1.82. The number of carbonyl (C=O) groups is 1. The van der Waals surface area contributed by atoms with Crippen LogP contribution in [0.15, 0.2) is 39.4 Å². The Morgan fingerprint density at radius 2 is 2.18 bits per heavy atom. The fraction of sp³-hybridized carbons (Fsp3) is 0.143. The molecule has 2 heterocycles. The summed E-state index contributed by atoms with van der Waals surface area (Å²) < 4.78 is 7.87. The molecule has 2 aromatic heterocycles. The Hall–Kier alpha value is -2.48. The molecule has 0 aliphatic rings. The lowest BCUT2D eigenvalue weighted by Crippen LogP contribution is -2.17. The van der Waals surface area contributed by atoms with Crippen molar-refractivity contribution in [3.8, 4) is 11.5 Å². The molecular formula is C14H12BrN5O2. The number of hydrogen-bond acceptors (Lipinski definition) is 5. The van der Waals surface area contributed by atoms with Gasteiger partial charge in [0.2, 0.25) is 5.89 Å². The summed E-state index contributed by atoms with van der Waals surface area (Å²) in [6.45, 7) is 1.81. The number of halogens is 1. The van der Waals surface area contributed by atoms with Crippen molar-refractivity contribution in [2.75, 3.05) is 5.32 Å². The standard InChI is InChI=1S/C14H12BrN5O2/c1-8-7-16-20(2)11(8)12(21)17-14-19-18-13(22-14)9-4-3-5-10(15)6-9/h3-7H,1-2H3,(H,17,19,21). The van der Waals surface area contributed by atoms with E-state index in [0.717, 1.165) is 15.6 Å². The highest BCUT2D eigenvalue weighted by molar-refractivity contribution is 9.10. The molecular weight excluding hydrogens is 350 g/mol. The monoisotopic (exact) mass is 361 g/mol. The summed E-state index contributed by atoms with van der Waals surface area (Å²) in [5.41, 5.74) is 1.98. The van der Waals surface area contributed by atoms with E-state index in [1.165, 1.54) is 4.68 Å². The van der Waals surface area contributed by atoms with Gasteiger partial charge >= 0.3 is 6.01 Å². The molecule has 0 fully saturated rings. The van der Waals surface area contributed by atoms with Crippen molar-refractivity contribution in [2.45, 2.75) is 6.92 Å². The molecule has 0 bridgehead atoms. The van der Waals surface area contributed by atoms with E-state index in [0.29, 0.717) is 11.6 Å². The molecule has 0 radical (unpaired) electrons. The van der Waals surface area contributed by atoms with Gasteiger partial charge in [0.15, 0.2) is 0 Å². The quantitative estimate of drug-likeness (QED) is 0.774. The Bertz CT molecular complexity index is 820. The Kier molecular flexibility index (Phi) is 3.76. The maximum atomic E-state index is 12.2. The summed E-state index contributed by atoms with van der Waals surface area (Å²) in [5, 5.41) is 14.4. The molecule has 0 unspecified atom stereocenters. The molecule has 0 saturated heterocycles. The average molecular weight is 362 g/mol. The van der Waals surface area contributed by atoms with Crippen LogP contribution in [0.2, 0.25) is 0 Å². The highest BCUT2D eigenvalue weighted by atomic mass is 79.9. The highest BCUT2D eigenvalue weighted by Gasteiger charge is 2.17. The van der Waals surface area contributed by atoms with Crippen LogP contribution in [0.3, 0.4) is 0 Å². The summed E-state index contributed by atoms with van der Waals surface area (Å²) in [7, 11) is 1.70. The molecule has 112 valence electrons. The number of anilines is 1. The molecule has 3 aromatic rings. The van der Waals surface area contributed by atoms with Crippen molar-refractivity contribution in [1.29, 1.82) is 0 Å². The van der Waals surface area contributed by atoms with Crippen LogP contribution in [0.4, 0.5) is 6.01 Å². The SMILES string of the molecule is Cc1cnn(C)c1C(=O)Nc1nnc(-c2cccc(Br)c2)o1. The fourth-order valence-electron chi connectivity index (χ4n) is 2.04. The number of rotatable bonds is 3. The number of nitrogens with zero attached hydrogens (tertiary/aromatic N) is 4. The van der Waals surface area contributed by atoms with Gasteiger partial charge in [0.05, 0.1) is 6.20 Å². The van der Waals surface area contributed by atoms with Crippen molar-refractivity contribution >= 4 is 27.9 Å². The Labute approximate surface area is 134 Å². The van der Waals surface area contributed by atoms with Gasteiger partial charge in [0.1, 0.15) is 5.69 Å². The second-order valence-corrected chi connectivity index (χ2v) is 5.59. The van der Waals surface area contributed by atoms with Gasteiger partial charge in [-0.05, 0) is 30.7 Å². The van der Waals surface area contributed by atoms with Crippen LogP contribution in [-0.4, -0.2) is 25.9 Å². The molecule has 0 aliphatic heterocycles. The average Bonchev–Trinajstić information content (AvgIpc) is 3.06. The van der Waals surface area contributed by atoms with Crippen molar-refractivity contribution in [3.63, 3.8) is 0 Å². The molecule has 0 spiro atoms. The van der Waals surface area contributed by atoms with E-state index in [1.54, 1.807) is 13.2 Å². The largest absolute Gasteiger partial charge is 0.403 e. The summed E-state index contributed by atoms with van der Waals surface area (Å²) in [4.78, 5) is 12.2. The molecule has 3 rings (SSSR count). The first-order chi connectivity index (χ1) is 10.5. The van der Waals surface area contributed by atoms with Crippen molar-refractivity contribution in [3.05, 3.63) is 46.2 Å². The van der Waals surface area contributed by atoms with Crippen LogP contribution in [0.5, 0.6) is 0 Å². The number of carbonyl (C=O) groups excluding carboxylic acids is 1. The maximum Gasteiger partial charge on any atom is 0.322 e. The molecule has 0 aliphatic carbocycles. The lowest BCUT2D eigenvalue weighted by molar-refractivity contribution is 0.101. The predicted molar refractivity (Wildman–Crippen MR) is 83.3 cm³/mol. The molecule has 0 saturated carbocycles. The zero-order chi connectivity index (χ0) is 15.7. The number of aryl methyl sites for hydroxylation is 2. The van der Waals surface area contributed by atoms with Gasteiger partial charge in [-0.3, -0.25) is 14.8 Å². The number of aromatic nitrogens is 4. The molecule has 7 nitrogen and oxygen atoms in total. The first-order valence-corrected chi connectivity index (χ1v) is 7.23. The van der Waals surface area contributed by atoms with Crippen LogP contribution >= 0.6 is 15.9 Å².